The number of nitrogens with one attached hydrogen (secondary N) is 1. The standard InChI is InChI=1S/C16H14ClNO4/c1-10(15(20)18-13-4-2-3-12(17)9-13)22-16(21)11-5-7-14(19)8-6-11/h2-10,19H,1H3,(H,18,20). The van der Waals surface area contributed by atoms with E-state index in [9.17, 15) is 9.59 Å². The Morgan fingerprint density at radius 1 is 1.18 bits per heavy atom. The monoisotopic (exact) mass is 319 g/mol. The smallest absolute Gasteiger partial charge is 0.338 e. The van der Waals surface area contributed by atoms with Gasteiger partial charge in [-0.05, 0) is 49.4 Å². The summed E-state index contributed by atoms with van der Waals surface area (Å²) in [7, 11) is 0. The number of amides is 1. The molecule has 1 unspecified atom stereocenters. The van der Waals surface area contributed by atoms with Crippen molar-refractivity contribution in [2.24, 2.45) is 0 Å². The van der Waals surface area contributed by atoms with Crippen molar-refractivity contribution in [2.45, 2.75) is 13.0 Å². The van der Waals surface area contributed by atoms with Gasteiger partial charge in [0.15, 0.2) is 6.10 Å². The normalized spacial score (nSPS) is 11.5. The third-order valence-electron chi connectivity index (χ3n) is 2.85. The Kier molecular flexibility index (Phi) is 5.01. The number of phenols is 1. The number of esters is 1. The number of hydrogen-bond acceptors (Lipinski definition) is 4. The molecule has 0 spiro atoms. The zero-order valence-corrected chi connectivity index (χ0v) is 12.5. The fourth-order valence-electron chi connectivity index (χ4n) is 1.69. The predicted molar refractivity (Wildman–Crippen MR) is 83.1 cm³/mol. The van der Waals surface area contributed by atoms with Gasteiger partial charge in [0.2, 0.25) is 0 Å². The molecule has 22 heavy (non-hydrogen) atoms. The average molecular weight is 320 g/mol. The number of carbonyl (C=O) groups is 2. The average Bonchev–Trinajstić information content (AvgIpc) is 2.47. The van der Waals surface area contributed by atoms with Crippen LogP contribution in [0.3, 0.4) is 0 Å². The molecule has 0 aliphatic carbocycles. The van der Waals surface area contributed by atoms with E-state index >= 15 is 0 Å². The van der Waals surface area contributed by atoms with Gasteiger partial charge in [-0.15, -0.1) is 0 Å². The molecule has 0 fully saturated rings. The minimum atomic E-state index is -0.972. The van der Waals surface area contributed by atoms with E-state index in [0.29, 0.717) is 10.7 Å². The van der Waals surface area contributed by atoms with Crippen molar-refractivity contribution >= 4 is 29.2 Å². The first-order chi connectivity index (χ1) is 10.5. The second-order valence-electron chi connectivity index (χ2n) is 4.59. The fraction of sp³-hybridized carbons (Fsp3) is 0.125. The molecule has 2 rings (SSSR count). The van der Waals surface area contributed by atoms with Gasteiger partial charge in [0.1, 0.15) is 5.75 Å². The van der Waals surface area contributed by atoms with E-state index in [2.05, 4.69) is 5.32 Å². The highest BCUT2D eigenvalue weighted by Gasteiger charge is 2.19. The summed E-state index contributed by atoms with van der Waals surface area (Å²) in [6, 6.07) is 12.2. The van der Waals surface area contributed by atoms with Crippen molar-refractivity contribution in [3.63, 3.8) is 0 Å². The number of aromatic hydroxyl groups is 1. The van der Waals surface area contributed by atoms with Crippen molar-refractivity contribution in [3.05, 3.63) is 59.1 Å². The minimum Gasteiger partial charge on any atom is -0.508 e. The molecule has 6 heteroatoms. The molecule has 114 valence electrons. The van der Waals surface area contributed by atoms with Crippen molar-refractivity contribution in [2.75, 3.05) is 5.32 Å². The summed E-state index contributed by atoms with van der Waals surface area (Å²) in [4.78, 5) is 23.8. The molecule has 0 aliphatic heterocycles. The van der Waals surface area contributed by atoms with Crippen LogP contribution in [-0.2, 0) is 9.53 Å². The zero-order valence-electron chi connectivity index (χ0n) is 11.7. The van der Waals surface area contributed by atoms with Crippen LogP contribution in [0.5, 0.6) is 5.75 Å². The van der Waals surface area contributed by atoms with E-state index in [1.807, 2.05) is 0 Å². The second kappa shape index (κ2) is 6.95. The van der Waals surface area contributed by atoms with Crippen molar-refractivity contribution in [1.29, 1.82) is 0 Å². The number of phenolic OH excluding ortho intramolecular Hbond substituents is 1. The van der Waals surface area contributed by atoms with Crippen LogP contribution in [0, 0.1) is 0 Å². The third-order valence-corrected chi connectivity index (χ3v) is 3.08. The Bertz CT molecular complexity index is 685. The van der Waals surface area contributed by atoms with E-state index in [1.165, 1.54) is 31.2 Å². The molecule has 0 bridgehead atoms. The lowest BCUT2D eigenvalue weighted by Gasteiger charge is -2.13. The number of rotatable bonds is 4. The maximum Gasteiger partial charge on any atom is 0.338 e. The summed E-state index contributed by atoms with van der Waals surface area (Å²) in [5.41, 5.74) is 0.769. The summed E-state index contributed by atoms with van der Waals surface area (Å²) in [6.07, 6.45) is -0.972. The molecule has 2 aromatic rings. The van der Waals surface area contributed by atoms with Crippen LogP contribution < -0.4 is 5.32 Å². The van der Waals surface area contributed by atoms with Gasteiger partial charge in [-0.2, -0.15) is 0 Å². The minimum absolute atomic E-state index is 0.0447. The first-order valence-corrected chi connectivity index (χ1v) is 6.90. The Labute approximate surface area is 132 Å². The van der Waals surface area contributed by atoms with Crippen molar-refractivity contribution < 1.29 is 19.4 Å². The summed E-state index contributed by atoms with van der Waals surface area (Å²) in [6.45, 7) is 1.47. The van der Waals surface area contributed by atoms with Crippen LogP contribution in [0.4, 0.5) is 5.69 Å². The molecule has 1 atom stereocenters. The van der Waals surface area contributed by atoms with Gasteiger partial charge in [0.25, 0.3) is 5.91 Å². The SMILES string of the molecule is CC(OC(=O)c1ccc(O)cc1)C(=O)Nc1cccc(Cl)c1. The molecular weight excluding hydrogens is 306 g/mol. The molecule has 2 aromatic carbocycles. The quantitative estimate of drug-likeness (QED) is 0.848. The number of benzene rings is 2. The number of hydrogen-bond donors (Lipinski definition) is 2. The molecule has 0 aliphatic rings. The predicted octanol–water partition coefficient (Wildman–Crippen LogP) is 3.23. The van der Waals surface area contributed by atoms with Crippen LogP contribution in [0.2, 0.25) is 5.02 Å². The Morgan fingerprint density at radius 2 is 1.86 bits per heavy atom. The molecule has 5 nitrogen and oxygen atoms in total. The Hall–Kier alpha value is -2.53. The lowest BCUT2D eigenvalue weighted by molar-refractivity contribution is -0.123. The highest BCUT2D eigenvalue weighted by atomic mass is 35.5. The maximum absolute atomic E-state index is 12.0. The van der Waals surface area contributed by atoms with Crippen LogP contribution in [0.1, 0.15) is 17.3 Å². The molecule has 0 saturated carbocycles. The summed E-state index contributed by atoms with van der Waals surface area (Å²) >= 11 is 5.83. The highest BCUT2D eigenvalue weighted by Crippen LogP contribution is 2.16. The van der Waals surface area contributed by atoms with Crippen LogP contribution >= 0.6 is 11.6 Å². The number of anilines is 1. The third kappa shape index (κ3) is 4.23. The number of carbonyl (C=O) groups excluding carboxylic acids is 2. The van der Waals surface area contributed by atoms with Gasteiger partial charge >= 0.3 is 5.97 Å². The molecular formula is C16H14ClNO4. The second-order valence-corrected chi connectivity index (χ2v) is 5.03. The molecule has 2 N–H and O–H groups in total. The van der Waals surface area contributed by atoms with E-state index in [0.717, 1.165) is 0 Å². The molecule has 0 heterocycles. The van der Waals surface area contributed by atoms with Crippen LogP contribution in [0.15, 0.2) is 48.5 Å². The Balaban J connectivity index is 1.96. The van der Waals surface area contributed by atoms with Gasteiger partial charge in [-0.3, -0.25) is 4.79 Å². The summed E-state index contributed by atoms with van der Waals surface area (Å²) in [5, 5.41) is 12.3. The summed E-state index contributed by atoms with van der Waals surface area (Å²) < 4.78 is 5.07. The van der Waals surface area contributed by atoms with Gasteiger partial charge in [0.05, 0.1) is 5.56 Å². The van der Waals surface area contributed by atoms with E-state index in [1.54, 1.807) is 24.3 Å². The van der Waals surface area contributed by atoms with Gasteiger partial charge in [-0.1, -0.05) is 17.7 Å². The molecule has 0 radical (unpaired) electrons. The maximum atomic E-state index is 12.0. The number of ether oxygens (including phenoxy) is 1. The van der Waals surface area contributed by atoms with Crippen molar-refractivity contribution in [1.82, 2.24) is 0 Å². The fourth-order valence-corrected chi connectivity index (χ4v) is 1.88. The lowest BCUT2D eigenvalue weighted by atomic mass is 10.2. The molecule has 0 saturated heterocycles. The first kappa shape index (κ1) is 15.9. The number of halogens is 1. The zero-order chi connectivity index (χ0) is 16.1. The molecule has 1 amide bonds. The summed E-state index contributed by atoms with van der Waals surface area (Å²) in [5.74, 6) is -1.06. The lowest BCUT2D eigenvalue weighted by Crippen LogP contribution is -2.29. The topological polar surface area (TPSA) is 75.6 Å². The van der Waals surface area contributed by atoms with E-state index in [-0.39, 0.29) is 11.3 Å². The van der Waals surface area contributed by atoms with Crippen LogP contribution in [0.25, 0.3) is 0 Å². The largest absolute Gasteiger partial charge is 0.508 e. The highest BCUT2D eigenvalue weighted by molar-refractivity contribution is 6.30. The van der Waals surface area contributed by atoms with Crippen LogP contribution in [-0.4, -0.2) is 23.1 Å². The molecule has 0 aromatic heterocycles. The Morgan fingerprint density at radius 3 is 2.50 bits per heavy atom. The first-order valence-electron chi connectivity index (χ1n) is 6.52. The van der Waals surface area contributed by atoms with Gasteiger partial charge in [-0.25, -0.2) is 4.79 Å². The van der Waals surface area contributed by atoms with E-state index in [4.69, 9.17) is 21.4 Å². The van der Waals surface area contributed by atoms with Gasteiger partial charge in [0, 0.05) is 10.7 Å². The van der Waals surface area contributed by atoms with E-state index < -0.39 is 18.0 Å². The van der Waals surface area contributed by atoms with Crippen molar-refractivity contribution in [3.8, 4) is 5.75 Å². The van der Waals surface area contributed by atoms with Gasteiger partial charge < -0.3 is 15.2 Å².